The molecule has 2 heterocycles. The van der Waals surface area contributed by atoms with Gasteiger partial charge in [-0.2, -0.15) is 18.3 Å². The predicted molar refractivity (Wildman–Crippen MR) is 64.4 cm³/mol. The minimum atomic E-state index is -4.50. The summed E-state index contributed by atoms with van der Waals surface area (Å²) in [4.78, 5) is 15.5. The number of nitrogens with one attached hydrogen (secondary N) is 1. The molecule has 0 aliphatic heterocycles. The van der Waals surface area contributed by atoms with E-state index >= 15 is 0 Å². The predicted octanol–water partition coefficient (Wildman–Crippen LogP) is 2.59. The van der Waals surface area contributed by atoms with Crippen LogP contribution in [0.4, 0.5) is 13.2 Å². The van der Waals surface area contributed by atoms with Crippen LogP contribution in [0, 0.1) is 6.92 Å². The number of alkyl halides is 3. The van der Waals surface area contributed by atoms with E-state index in [1.807, 2.05) is 5.10 Å². The molecule has 0 unspecified atom stereocenters. The first-order chi connectivity index (χ1) is 9.38. The molecule has 2 rings (SSSR count). The number of hydrogen-bond donors (Lipinski definition) is 1. The standard InChI is InChI=1S/C11H10F3N3O2S/c1-6-16-8(5-20-6)10(18)19-3-2-7-4-15-17-9(7)11(12,13)14/h4-5H,2-3H2,1H3,(H,15,17). The van der Waals surface area contributed by atoms with Gasteiger partial charge in [-0.1, -0.05) is 0 Å². The lowest BCUT2D eigenvalue weighted by Crippen LogP contribution is -2.12. The van der Waals surface area contributed by atoms with Gasteiger partial charge in [0, 0.05) is 17.4 Å². The molecule has 2 aromatic rings. The molecule has 1 N–H and O–H groups in total. The number of aromatic amines is 1. The van der Waals surface area contributed by atoms with E-state index in [0.717, 1.165) is 6.20 Å². The number of H-pyrrole nitrogens is 1. The number of esters is 1. The topological polar surface area (TPSA) is 67.9 Å². The summed E-state index contributed by atoms with van der Waals surface area (Å²) in [5, 5.41) is 7.50. The zero-order valence-electron chi connectivity index (χ0n) is 10.3. The monoisotopic (exact) mass is 305 g/mol. The lowest BCUT2D eigenvalue weighted by molar-refractivity contribution is -0.141. The van der Waals surface area contributed by atoms with Crippen LogP contribution in [0.15, 0.2) is 11.6 Å². The summed E-state index contributed by atoms with van der Waals surface area (Å²) in [6, 6.07) is 0. The van der Waals surface area contributed by atoms with Crippen LogP contribution in [0.25, 0.3) is 0 Å². The van der Waals surface area contributed by atoms with Gasteiger partial charge in [0.1, 0.15) is 5.69 Å². The van der Waals surface area contributed by atoms with Crippen LogP contribution in [-0.2, 0) is 17.3 Å². The van der Waals surface area contributed by atoms with E-state index in [-0.39, 0.29) is 24.3 Å². The zero-order valence-corrected chi connectivity index (χ0v) is 11.1. The maximum atomic E-state index is 12.5. The smallest absolute Gasteiger partial charge is 0.433 e. The molecular weight excluding hydrogens is 295 g/mol. The molecule has 0 saturated heterocycles. The molecule has 20 heavy (non-hydrogen) atoms. The first kappa shape index (κ1) is 14.5. The van der Waals surface area contributed by atoms with Gasteiger partial charge < -0.3 is 4.74 Å². The first-order valence-corrected chi connectivity index (χ1v) is 6.44. The summed E-state index contributed by atoms with van der Waals surface area (Å²) in [6.07, 6.45) is -3.49. The lowest BCUT2D eigenvalue weighted by atomic mass is 10.2. The average Bonchev–Trinajstić information content (AvgIpc) is 2.96. The molecular formula is C11H10F3N3O2S. The van der Waals surface area contributed by atoms with Crippen molar-refractivity contribution in [2.75, 3.05) is 6.61 Å². The SMILES string of the molecule is Cc1nc(C(=O)OCCc2cn[nH]c2C(F)(F)F)cs1. The minimum Gasteiger partial charge on any atom is -0.461 e. The maximum Gasteiger partial charge on any atom is 0.433 e. The largest absolute Gasteiger partial charge is 0.461 e. The number of aryl methyl sites for hydroxylation is 1. The Bertz CT molecular complexity index is 606. The van der Waals surface area contributed by atoms with Gasteiger partial charge in [-0.15, -0.1) is 11.3 Å². The third-order valence-corrected chi connectivity index (χ3v) is 3.21. The van der Waals surface area contributed by atoms with E-state index in [1.165, 1.54) is 16.7 Å². The number of thiazole rings is 1. The van der Waals surface area contributed by atoms with Crippen LogP contribution < -0.4 is 0 Å². The van der Waals surface area contributed by atoms with Gasteiger partial charge in [-0.05, 0) is 6.92 Å². The van der Waals surface area contributed by atoms with Crippen molar-refractivity contribution in [2.24, 2.45) is 0 Å². The van der Waals surface area contributed by atoms with E-state index in [9.17, 15) is 18.0 Å². The van der Waals surface area contributed by atoms with Crippen molar-refractivity contribution in [2.45, 2.75) is 19.5 Å². The highest BCUT2D eigenvalue weighted by Gasteiger charge is 2.35. The Kier molecular flexibility index (Phi) is 4.07. The van der Waals surface area contributed by atoms with E-state index in [4.69, 9.17) is 4.74 Å². The third kappa shape index (κ3) is 3.35. The fourth-order valence-electron chi connectivity index (χ4n) is 1.53. The van der Waals surface area contributed by atoms with Gasteiger partial charge >= 0.3 is 12.1 Å². The van der Waals surface area contributed by atoms with Gasteiger partial charge in [0.2, 0.25) is 0 Å². The highest BCUT2D eigenvalue weighted by molar-refractivity contribution is 7.09. The molecule has 2 aromatic heterocycles. The second-order valence-electron chi connectivity index (χ2n) is 3.91. The zero-order chi connectivity index (χ0) is 14.8. The number of carbonyl (C=O) groups excluding carboxylic acids is 1. The molecule has 5 nitrogen and oxygen atoms in total. The number of rotatable bonds is 4. The van der Waals surface area contributed by atoms with Crippen LogP contribution in [-0.4, -0.2) is 27.8 Å². The lowest BCUT2D eigenvalue weighted by Gasteiger charge is -2.07. The number of carbonyl (C=O) groups is 1. The van der Waals surface area contributed by atoms with Crippen molar-refractivity contribution in [1.29, 1.82) is 0 Å². The van der Waals surface area contributed by atoms with E-state index in [1.54, 1.807) is 6.92 Å². The fraction of sp³-hybridized carbons (Fsp3) is 0.364. The fourth-order valence-corrected chi connectivity index (χ4v) is 2.11. The quantitative estimate of drug-likeness (QED) is 0.882. The molecule has 0 atom stereocenters. The number of hydrogen-bond acceptors (Lipinski definition) is 5. The van der Waals surface area contributed by atoms with Gasteiger partial charge in [0.25, 0.3) is 0 Å². The molecule has 0 aliphatic rings. The molecule has 0 aromatic carbocycles. The molecule has 0 bridgehead atoms. The van der Waals surface area contributed by atoms with Crippen LogP contribution >= 0.6 is 11.3 Å². The third-order valence-electron chi connectivity index (χ3n) is 2.43. The molecule has 0 aliphatic carbocycles. The Morgan fingerprint density at radius 3 is 2.85 bits per heavy atom. The van der Waals surface area contributed by atoms with Crippen LogP contribution in [0.1, 0.15) is 26.8 Å². The van der Waals surface area contributed by atoms with E-state index in [0.29, 0.717) is 5.01 Å². The van der Waals surface area contributed by atoms with Crippen molar-refractivity contribution in [3.63, 3.8) is 0 Å². The Morgan fingerprint density at radius 1 is 1.50 bits per heavy atom. The van der Waals surface area contributed by atoms with Crippen LogP contribution in [0.5, 0.6) is 0 Å². The highest BCUT2D eigenvalue weighted by Crippen LogP contribution is 2.30. The second kappa shape index (κ2) is 5.61. The number of ether oxygens (including phenoxy) is 1. The highest BCUT2D eigenvalue weighted by atomic mass is 32.1. The van der Waals surface area contributed by atoms with Crippen LogP contribution in [0.2, 0.25) is 0 Å². The molecule has 9 heteroatoms. The van der Waals surface area contributed by atoms with Gasteiger partial charge in [-0.25, -0.2) is 9.78 Å². The molecule has 0 saturated carbocycles. The average molecular weight is 305 g/mol. The summed E-state index contributed by atoms with van der Waals surface area (Å²) in [7, 11) is 0. The molecule has 108 valence electrons. The van der Waals surface area contributed by atoms with Gasteiger partial charge in [-0.3, -0.25) is 5.10 Å². The first-order valence-electron chi connectivity index (χ1n) is 5.56. The normalized spacial score (nSPS) is 11.6. The summed E-state index contributed by atoms with van der Waals surface area (Å²) in [5.41, 5.74) is -0.798. The molecule has 0 amide bonds. The maximum absolute atomic E-state index is 12.5. The number of halogens is 3. The molecule has 0 fully saturated rings. The van der Waals surface area contributed by atoms with E-state index < -0.39 is 17.8 Å². The number of aromatic nitrogens is 3. The molecule has 0 radical (unpaired) electrons. The summed E-state index contributed by atoms with van der Waals surface area (Å²) in [5.74, 6) is -0.647. The number of nitrogens with zero attached hydrogens (tertiary/aromatic N) is 2. The summed E-state index contributed by atoms with van der Waals surface area (Å²) < 4.78 is 42.5. The Balaban J connectivity index is 1.91. The van der Waals surface area contributed by atoms with Gasteiger partial charge in [0.15, 0.2) is 5.69 Å². The summed E-state index contributed by atoms with van der Waals surface area (Å²) in [6.45, 7) is 1.57. The summed E-state index contributed by atoms with van der Waals surface area (Å²) >= 11 is 1.29. The Labute approximate surface area is 115 Å². The van der Waals surface area contributed by atoms with Crippen LogP contribution in [0.3, 0.4) is 0 Å². The Morgan fingerprint density at radius 2 is 2.25 bits per heavy atom. The van der Waals surface area contributed by atoms with Crippen molar-refractivity contribution in [3.05, 3.63) is 33.5 Å². The second-order valence-corrected chi connectivity index (χ2v) is 4.97. The van der Waals surface area contributed by atoms with E-state index in [2.05, 4.69) is 10.1 Å². The van der Waals surface area contributed by atoms with Crippen molar-refractivity contribution < 1.29 is 22.7 Å². The Hall–Kier alpha value is -1.90. The van der Waals surface area contributed by atoms with Gasteiger partial charge in [0.05, 0.1) is 17.8 Å². The van der Waals surface area contributed by atoms with Crippen molar-refractivity contribution >= 4 is 17.3 Å². The van der Waals surface area contributed by atoms with Crippen molar-refractivity contribution in [1.82, 2.24) is 15.2 Å². The minimum absolute atomic E-state index is 0.0419. The van der Waals surface area contributed by atoms with Crippen molar-refractivity contribution in [3.8, 4) is 0 Å². The molecule has 0 spiro atoms.